The average Bonchev–Trinajstić information content (AvgIpc) is 3.53. The molecule has 3 N–H and O–H groups in total. The summed E-state index contributed by atoms with van der Waals surface area (Å²) in [6.07, 6.45) is 4.49. The lowest BCUT2D eigenvalue weighted by atomic mass is 10.0. The number of aromatic amines is 1. The van der Waals surface area contributed by atoms with Crippen LogP contribution in [0.2, 0.25) is 0 Å². The SMILES string of the molecule is O=C(Nc1ccccc1F)N1CC=C(c2cc3c(Nc4ccc5ncsc5c4)ccnc3[nH]2)CC1. The van der Waals surface area contributed by atoms with Gasteiger partial charge < -0.3 is 20.5 Å². The third-order valence-corrected chi connectivity index (χ3v) is 6.89. The van der Waals surface area contributed by atoms with Crippen molar-refractivity contribution in [2.24, 2.45) is 0 Å². The molecule has 0 unspecified atom stereocenters. The molecule has 2 aromatic carbocycles. The zero-order valence-corrected chi connectivity index (χ0v) is 19.4. The number of urea groups is 1. The second kappa shape index (κ2) is 8.84. The smallest absolute Gasteiger partial charge is 0.322 e. The van der Waals surface area contributed by atoms with Crippen molar-refractivity contribution in [2.75, 3.05) is 23.7 Å². The number of amides is 2. The van der Waals surface area contributed by atoms with Crippen molar-refractivity contribution in [1.29, 1.82) is 0 Å². The van der Waals surface area contributed by atoms with Gasteiger partial charge in [0.15, 0.2) is 0 Å². The van der Waals surface area contributed by atoms with Gasteiger partial charge in [0.05, 0.1) is 27.1 Å². The monoisotopic (exact) mass is 484 g/mol. The van der Waals surface area contributed by atoms with Gasteiger partial charge in [0.2, 0.25) is 0 Å². The first-order valence-electron chi connectivity index (χ1n) is 11.2. The minimum absolute atomic E-state index is 0.184. The van der Waals surface area contributed by atoms with Gasteiger partial charge in [-0.2, -0.15) is 0 Å². The van der Waals surface area contributed by atoms with Crippen molar-refractivity contribution < 1.29 is 9.18 Å². The van der Waals surface area contributed by atoms with E-state index in [1.54, 1.807) is 40.6 Å². The van der Waals surface area contributed by atoms with Crippen molar-refractivity contribution in [1.82, 2.24) is 19.9 Å². The summed E-state index contributed by atoms with van der Waals surface area (Å²) in [4.78, 5) is 26.5. The van der Waals surface area contributed by atoms with E-state index in [4.69, 9.17) is 0 Å². The van der Waals surface area contributed by atoms with Gasteiger partial charge >= 0.3 is 6.03 Å². The van der Waals surface area contributed by atoms with Crippen LogP contribution >= 0.6 is 11.3 Å². The summed E-state index contributed by atoms with van der Waals surface area (Å²) in [6.45, 7) is 0.979. The second-order valence-electron chi connectivity index (χ2n) is 8.30. The maximum absolute atomic E-state index is 13.9. The Labute approximate surface area is 204 Å². The van der Waals surface area contributed by atoms with Gasteiger partial charge in [-0.05, 0) is 54.5 Å². The van der Waals surface area contributed by atoms with Crippen LogP contribution < -0.4 is 10.6 Å². The van der Waals surface area contributed by atoms with Crippen LogP contribution in [0.5, 0.6) is 0 Å². The Morgan fingerprint density at radius 2 is 2.00 bits per heavy atom. The Morgan fingerprint density at radius 1 is 1.09 bits per heavy atom. The lowest BCUT2D eigenvalue weighted by Crippen LogP contribution is -2.38. The lowest BCUT2D eigenvalue weighted by molar-refractivity contribution is 0.217. The molecule has 0 atom stereocenters. The summed E-state index contributed by atoms with van der Waals surface area (Å²) >= 11 is 1.61. The molecule has 1 aliphatic heterocycles. The number of halogens is 1. The summed E-state index contributed by atoms with van der Waals surface area (Å²) in [7, 11) is 0. The molecule has 9 heteroatoms. The summed E-state index contributed by atoms with van der Waals surface area (Å²) in [5.74, 6) is -0.448. The van der Waals surface area contributed by atoms with Crippen LogP contribution in [0, 0.1) is 5.82 Å². The molecular formula is C26H21FN6OS. The van der Waals surface area contributed by atoms with E-state index in [2.05, 4.69) is 37.7 Å². The molecule has 0 radical (unpaired) electrons. The molecule has 0 aliphatic carbocycles. The van der Waals surface area contributed by atoms with Gasteiger partial charge in [-0.1, -0.05) is 18.2 Å². The van der Waals surface area contributed by atoms with E-state index in [-0.39, 0.29) is 11.7 Å². The van der Waals surface area contributed by atoms with Crippen LogP contribution in [0.3, 0.4) is 0 Å². The van der Waals surface area contributed by atoms with Gasteiger partial charge in [0, 0.05) is 36.1 Å². The molecule has 6 rings (SSSR count). The molecule has 5 aromatic rings. The largest absolute Gasteiger partial charge is 0.355 e. The summed E-state index contributed by atoms with van der Waals surface area (Å²) in [6, 6.07) is 16.0. The van der Waals surface area contributed by atoms with E-state index in [9.17, 15) is 9.18 Å². The second-order valence-corrected chi connectivity index (χ2v) is 9.19. The number of nitrogens with zero attached hydrogens (tertiary/aromatic N) is 3. The highest BCUT2D eigenvalue weighted by atomic mass is 32.1. The predicted octanol–water partition coefficient (Wildman–Crippen LogP) is 6.38. The maximum Gasteiger partial charge on any atom is 0.322 e. The average molecular weight is 485 g/mol. The van der Waals surface area contributed by atoms with E-state index in [1.165, 1.54) is 6.07 Å². The maximum atomic E-state index is 13.9. The van der Waals surface area contributed by atoms with Crippen LogP contribution in [0.1, 0.15) is 12.1 Å². The van der Waals surface area contributed by atoms with Gasteiger partial charge in [-0.15, -0.1) is 11.3 Å². The van der Waals surface area contributed by atoms with E-state index in [1.807, 2.05) is 29.8 Å². The Hall–Kier alpha value is -4.24. The van der Waals surface area contributed by atoms with Crippen molar-refractivity contribution in [3.8, 4) is 0 Å². The van der Waals surface area contributed by atoms with Crippen LogP contribution in [0.15, 0.2) is 72.4 Å². The number of nitrogens with one attached hydrogen (secondary N) is 3. The fraction of sp³-hybridized carbons (Fsp3) is 0.115. The Balaban J connectivity index is 1.20. The third-order valence-electron chi connectivity index (χ3n) is 6.10. The molecule has 4 heterocycles. The number of thiazole rings is 1. The quantitative estimate of drug-likeness (QED) is 0.276. The number of carbonyl (C=O) groups excluding carboxylic acids is 1. The Bertz CT molecular complexity index is 1590. The molecule has 174 valence electrons. The number of hydrogen-bond acceptors (Lipinski definition) is 5. The number of aromatic nitrogens is 3. The third kappa shape index (κ3) is 4.22. The number of benzene rings is 2. The lowest BCUT2D eigenvalue weighted by Gasteiger charge is -2.26. The van der Waals surface area contributed by atoms with Crippen molar-refractivity contribution in [2.45, 2.75) is 6.42 Å². The number of H-pyrrole nitrogens is 1. The van der Waals surface area contributed by atoms with Gasteiger partial charge in [-0.25, -0.2) is 19.2 Å². The molecule has 7 nitrogen and oxygen atoms in total. The summed E-state index contributed by atoms with van der Waals surface area (Å²) in [5.41, 5.74) is 7.87. The first-order valence-corrected chi connectivity index (χ1v) is 12.1. The zero-order valence-electron chi connectivity index (χ0n) is 18.6. The standard InChI is InChI=1S/C26H21FN6OS/c27-19-3-1-2-4-21(19)32-26(34)33-11-8-16(9-12-33)23-14-18-20(7-10-28-25(18)31-23)30-17-5-6-22-24(13-17)35-15-29-22/h1-8,10,13-15H,9,11-12H2,(H,32,34)(H2,28,30,31). The molecule has 0 saturated carbocycles. The summed E-state index contributed by atoms with van der Waals surface area (Å²) in [5, 5.41) is 7.14. The van der Waals surface area contributed by atoms with E-state index in [0.717, 1.165) is 43.9 Å². The topological polar surface area (TPSA) is 85.9 Å². The number of rotatable bonds is 4. The van der Waals surface area contributed by atoms with Crippen LogP contribution in [0.25, 0.3) is 26.8 Å². The molecule has 0 saturated heterocycles. The first-order chi connectivity index (χ1) is 17.1. The van der Waals surface area contributed by atoms with Crippen LogP contribution in [-0.2, 0) is 0 Å². The number of anilines is 3. The van der Waals surface area contributed by atoms with Crippen molar-refractivity contribution in [3.63, 3.8) is 0 Å². The van der Waals surface area contributed by atoms with E-state index < -0.39 is 5.82 Å². The molecule has 2 amide bonds. The fourth-order valence-corrected chi connectivity index (χ4v) is 4.97. The minimum Gasteiger partial charge on any atom is -0.355 e. The van der Waals surface area contributed by atoms with Crippen molar-refractivity contribution in [3.05, 3.63) is 83.9 Å². The van der Waals surface area contributed by atoms with E-state index >= 15 is 0 Å². The predicted molar refractivity (Wildman–Crippen MR) is 139 cm³/mol. The van der Waals surface area contributed by atoms with Crippen LogP contribution in [-0.4, -0.2) is 39.0 Å². The Kier molecular flexibility index (Phi) is 5.38. The number of fused-ring (bicyclic) bond motifs is 2. The van der Waals surface area contributed by atoms with Gasteiger partial charge in [0.1, 0.15) is 11.5 Å². The van der Waals surface area contributed by atoms with Gasteiger partial charge in [0.25, 0.3) is 0 Å². The highest BCUT2D eigenvalue weighted by molar-refractivity contribution is 7.16. The first kappa shape index (κ1) is 21.3. The number of hydrogen-bond donors (Lipinski definition) is 3. The molecule has 3 aromatic heterocycles. The molecule has 0 bridgehead atoms. The molecule has 0 spiro atoms. The fourth-order valence-electron chi connectivity index (χ4n) is 4.25. The number of pyridine rings is 1. The Morgan fingerprint density at radius 3 is 2.86 bits per heavy atom. The molecule has 35 heavy (non-hydrogen) atoms. The molecule has 0 fully saturated rings. The van der Waals surface area contributed by atoms with Crippen LogP contribution in [0.4, 0.5) is 26.2 Å². The number of para-hydroxylation sites is 1. The zero-order chi connectivity index (χ0) is 23.8. The number of carbonyl (C=O) groups is 1. The van der Waals surface area contributed by atoms with Crippen molar-refractivity contribution >= 4 is 61.3 Å². The van der Waals surface area contributed by atoms with Gasteiger partial charge in [-0.3, -0.25) is 0 Å². The highest BCUT2D eigenvalue weighted by Gasteiger charge is 2.20. The normalized spacial score (nSPS) is 13.7. The minimum atomic E-state index is -0.448. The molecule has 1 aliphatic rings. The highest BCUT2D eigenvalue weighted by Crippen LogP contribution is 2.31. The summed E-state index contributed by atoms with van der Waals surface area (Å²) < 4.78 is 15.0. The van der Waals surface area contributed by atoms with E-state index in [0.29, 0.717) is 19.5 Å². The molecular weight excluding hydrogens is 463 g/mol.